The summed E-state index contributed by atoms with van der Waals surface area (Å²) in [6, 6.07) is 6.23. The number of methoxy groups -OCH3 is 1. The second-order valence-corrected chi connectivity index (χ2v) is 5.62. The molecular formula is C15H22N4OS. The third-order valence-electron chi connectivity index (χ3n) is 3.02. The van der Waals surface area contributed by atoms with Crippen molar-refractivity contribution in [3.8, 4) is 0 Å². The van der Waals surface area contributed by atoms with E-state index in [4.69, 9.17) is 4.74 Å². The summed E-state index contributed by atoms with van der Waals surface area (Å²) in [5.41, 5.74) is 0. The first kappa shape index (κ1) is 15.7. The van der Waals surface area contributed by atoms with Gasteiger partial charge in [0.1, 0.15) is 18.2 Å². The second-order valence-electron chi connectivity index (χ2n) is 4.58. The van der Waals surface area contributed by atoms with Crippen LogP contribution in [0.15, 0.2) is 23.6 Å². The van der Waals surface area contributed by atoms with E-state index in [1.807, 2.05) is 6.07 Å². The molecule has 0 spiro atoms. The number of hydrogen-bond donors (Lipinski definition) is 1. The van der Waals surface area contributed by atoms with Gasteiger partial charge in [0.25, 0.3) is 0 Å². The molecule has 21 heavy (non-hydrogen) atoms. The predicted octanol–water partition coefficient (Wildman–Crippen LogP) is 3.14. The lowest BCUT2D eigenvalue weighted by Gasteiger charge is -2.22. The molecule has 2 rings (SSSR count). The molecule has 1 N–H and O–H groups in total. The minimum atomic E-state index is 0.419. The van der Waals surface area contributed by atoms with Crippen LogP contribution in [-0.2, 0) is 17.9 Å². The van der Waals surface area contributed by atoms with Crippen molar-refractivity contribution in [2.24, 2.45) is 0 Å². The van der Waals surface area contributed by atoms with Crippen molar-refractivity contribution in [2.45, 2.75) is 27.0 Å². The first-order chi connectivity index (χ1) is 10.3. The van der Waals surface area contributed by atoms with Crippen molar-refractivity contribution in [1.29, 1.82) is 0 Å². The van der Waals surface area contributed by atoms with Crippen LogP contribution < -0.4 is 10.2 Å². The van der Waals surface area contributed by atoms with Gasteiger partial charge in [-0.3, -0.25) is 0 Å². The van der Waals surface area contributed by atoms with Gasteiger partial charge in [-0.1, -0.05) is 6.07 Å². The van der Waals surface area contributed by atoms with Crippen molar-refractivity contribution in [3.05, 3.63) is 34.3 Å². The van der Waals surface area contributed by atoms with E-state index in [0.717, 1.165) is 31.3 Å². The van der Waals surface area contributed by atoms with Gasteiger partial charge in [-0.05, 0) is 25.3 Å². The molecule has 0 aliphatic carbocycles. The molecule has 0 aromatic carbocycles. The molecule has 2 heterocycles. The first-order valence-electron chi connectivity index (χ1n) is 7.14. The van der Waals surface area contributed by atoms with Crippen LogP contribution in [0.1, 0.15) is 24.5 Å². The number of ether oxygens (including phenoxy) is 1. The molecule has 6 heteroatoms. The molecule has 0 saturated carbocycles. The first-order valence-corrected chi connectivity index (χ1v) is 8.02. The van der Waals surface area contributed by atoms with Crippen LogP contribution in [0.2, 0.25) is 0 Å². The number of hydrogen-bond acceptors (Lipinski definition) is 6. The number of nitrogens with zero attached hydrogens (tertiary/aromatic N) is 3. The van der Waals surface area contributed by atoms with Gasteiger partial charge in [0.15, 0.2) is 5.82 Å². The molecule has 0 saturated heterocycles. The van der Waals surface area contributed by atoms with Crippen molar-refractivity contribution < 1.29 is 4.74 Å². The zero-order chi connectivity index (χ0) is 15.1. The van der Waals surface area contributed by atoms with Crippen molar-refractivity contribution in [3.63, 3.8) is 0 Å². The number of rotatable bonds is 8. The van der Waals surface area contributed by atoms with Gasteiger partial charge in [-0.2, -0.15) is 0 Å². The summed E-state index contributed by atoms with van der Waals surface area (Å²) in [5.74, 6) is 2.48. The lowest BCUT2D eigenvalue weighted by molar-refractivity contribution is 0.178. The molecule has 2 aromatic rings. The molecular weight excluding hydrogens is 284 g/mol. The van der Waals surface area contributed by atoms with E-state index in [-0.39, 0.29) is 0 Å². The third kappa shape index (κ3) is 4.41. The maximum absolute atomic E-state index is 5.17. The van der Waals surface area contributed by atoms with E-state index in [0.29, 0.717) is 12.4 Å². The van der Waals surface area contributed by atoms with Crippen molar-refractivity contribution in [1.82, 2.24) is 9.97 Å². The maximum Gasteiger partial charge on any atom is 0.158 e. The van der Waals surface area contributed by atoms with Crippen LogP contribution in [0.25, 0.3) is 0 Å². The number of anilines is 2. The molecule has 0 aliphatic rings. The zero-order valence-electron chi connectivity index (χ0n) is 12.8. The lowest BCUT2D eigenvalue weighted by Crippen LogP contribution is -2.23. The molecule has 0 unspecified atom stereocenters. The van der Waals surface area contributed by atoms with Crippen LogP contribution in [0, 0.1) is 0 Å². The SMILES string of the molecule is CCNc1cc(N(CC)Cc2cccs2)nc(COC)n1. The third-order valence-corrected chi connectivity index (χ3v) is 3.88. The number of thiophene rings is 1. The fourth-order valence-corrected chi connectivity index (χ4v) is 2.78. The number of nitrogens with one attached hydrogen (secondary N) is 1. The average Bonchev–Trinajstić information content (AvgIpc) is 2.98. The quantitative estimate of drug-likeness (QED) is 0.812. The van der Waals surface area contributed by atoms with Crippen LogP contribution >= 0.6 is 11.3 Å². The Morgan fingerprint density at radius 1 is 1.33 bits per heavy atom. The Balaban J connectivity index is 2.25. The predicted molar refractivity (Wildman–Crippen MR) is 88.0 cm³/mol. The molecule has 0 aliphatic heterocycles. The van der Waals surface area contributed by atoms with Crippen molar-refractivity contribution >= 4 is 23.0 Å². The maximum atomic E-state index is 5.17. The summed E-state index contributed by atoms with van der Waals surface area (Å²) in [4.78, 5) is 12.6. The van der Waals surface area contributed by atoms with Gasteiger partial charge in [0, 0.05) is 31.1 Å². The van der Waals surface area contributed by atoms with Gasteiger partial charge >= 0.3 is 0 Å². The van der Waals surface area contributed by atoms with E-state index < -0.39 is 0 Å². The molecule has 2 aromatic heterocycles. The topological polar surface area (TPSA) is 50.3 Å². The lowest BCUT2D eigenvalue weighted by atomic mass is 10.3. The number of aromatic nitrogens is 2. The Labute approximate surface area is 130 Å². The van der Waals surface area contributed by atoms with Gasteiger partial charge in [-0.15, -0.1) is 11.3 Å². The van der Waals surface area contributed by atoms with Crippen LogP contribution in [0.5, 0.6) is 0 Å². The van der Waals surface area contributed by atoms with Gasteiger partial charge in [0.05, 0.1) is 6.54 Å². The van der Waals surface area contributed by atoms with E-state index in [1.165, 1.54) is 4.88 Å². The van der Waals surface area contributed by atoms with E-state index in [9.17, 15) is 0 Å². The van der Waals surface area contributed by atoms with E-state index in [2.05, 4.69) is 51.5 Å². The largest absolute Gasteiger partial charge is 0.377 e. The van der Waals surface area contributed by atoms with E-state index >= 15 is 0 Å². The Morgan fingerprint density at radius 2 is 2.19 bits per heavy atom. The normalized spacial score (nSPS) is 10.6. The van der Waals surface area contributed by atoms with Gasteiger partial charge in [-0.25, -0.2) is 9.97 Å². The second kappa shape index (κ2) is 7.95. The highest BCUT2D eigenvalue weighted by atomic mass is 32.1. The Bertz CT molecular complexity index is 520. The van der Waals surface area contributed by atoms with Crippen LogP contribution in [0.4, 0.5) is 11.6 Å². The van der Waals surface area contributed by atoms with Crippen molar-refractivity contribution in [2.75, 3.05) is 30.4 Å². The molecule has 0 radical (unpaired) electrons. The highest BCUT2D eigenvalue weighted by Crippen LogP contribution is 2.20. The van der Waals surface area contributed by atoms with Gasteiger partial charge < -0.3 is 15.0 Å². The Kier molecular flexibility index (Phi) is 5.95. The molecule has 0 fully saturated rings. The average molecular weight is 306 g/mol. The Hall–Kier alpha value is -1.66. The zero-order valence-corrected chi connectivity index (χ0v) is 13.6. The summed E-state index contributed by atoms with van der Waals surface area (Å²) >= 11 is 1.76. The monoisotopic (exact) mass is 306 g/mol. The molecule has 114 valence electrons. The fourth-order valence-electron chi connectivity index (χ4n) is 2.06. The minimum absolute atomic E-state index is 0.419. The summed E-state index contributed by atoms with van der Waals surface area (Å²) < 4.78 is 5.17. The van der Waals surface area contributed by atoms with Gasteiger partial charge in [0.2, 0.25) is 0 Å². The minimum Gasteiger partial charge on any atom is -0.377 e. The summed E-state index contributed by atoms with van der Waals surface area (Å²) in [5, 5.41) is 5.35. The summed E-state index contributed by atoms with van der Waals surface area (Å²) in [7, 11) is 1.66. The van der Waals surface area contributed by atoms with Crippen LogP contribution in [0.3, 0.4) is 0 Å². The Morgan fingerprint density at radius 3 is 2.81 bits per heavy atom. The highest BCUT2D eigenvalue weighted by Gasteiger charge is 2.11. The molecule has 5 nitrogen and oxygen atoms in total. The summed E-state index contributed by atoms with van der Waals surface area (Å²) in [6.07, 6.45) is 0. The molecule has 0 bridgehead atoms. The molecule has 0 atom stereocenters. The smallest absolute Gasteiger partial charge is 0.158 e. The standard InChI is InChI=1S/C15H22N4OS/c1-4-16-13-9-15(18-14(17-13)11-20-3)19(5-2)10-12-7-6-8-21-12/h6-9H,4-5,10-11H2,1-3H3,(H,16,17,18). The fraction of sp³-hybridized carbons (Fsp3) is 0.467. The highest BCUT2D eigenvalue weighted by molar-refractivity contribution is 7.09. The molecule has 0 amide bonds. The van der Waals surface area contributed by atoms with E-state index in [1.54, 1.807) is 18.4 Å². The van der Waals surface area contributed by atoms with Crippen LogP contribution in [-0.4, -0.2) is 30.2 Å². The summed E-state index contributed by atoms with van der Waals surface area (Å²) in [6.45, 7) is 7.21.